The molecule has 0 spiro atoms. The number of hydrogen-bond donors (Lipinski definition) is 1. The highest BCUT2D eigenvalue weighted by Gasteiger charge is 2.14. The van der Waals surface area contributed by atoms with Gasteiger partial charge in [0, 0.05) is 27.3 Å². The number of aromatic amines is 1. The van der Waals surface area contributed by atoms with Crippen LogP contribution in [0.1, 0.15) is 6.42 Å². The molecule has 1 aliphatic rings. The van der Waals surface area contributed by atoms with Crippen molar-refractivity contribution in [2.75, 3.05) is 0 Å². The van der Waals surface area contributed by atoms with E-state index in [2.05, 4.69) is 29.3 Å². The molecule has 0 aliphatic heterocycles. The molecule has 0 saturated heterocycles. The van der Waals surface area contributed by atoms with Gasteiger partial charge in [-0.2, -0.15) is 0 Å². The molecule has 3 aromatic rings. The fraction of sp³-hybridized carbons (Fsp3) is 0.0588. The van der Waals surface area contributed by atoms with Crippen molar-refractivity contribution in [3.8, 4) is 22.4 Å². The standard InChI is InChI=1S/C17H13NO2/c1-2-4-14-15(5-3-1)18-17(13-7-9-20-11-13)16(14)12-6-8-19-10-12/h1,3-11,18H,2H2. The lowest BCUT2D eigenvalue weighted by molar-refractivity contribution is 0.567. The largest absolute Gasteiger partial charge is 0.472 e. The second kappa shape index (κ2) is 4.46. The zero-order chi connectivity index (χ0) is 13.4. The van der Waals surface area contributed by atoms with Crippen molar-refractivity contribution in [2.45, 2.75) is 6.42 Å². The maximum absolute atomic E-state index is 5.26. The van der Waals surface area contributed by atoms with Crippen LogP contribution in [0, 0.1) is 0 Å². The minimum absolute atomic E-state index is 0.928. The summed E-state index contributed by atoms with van der Waals surface area (Å²) in [7, 11) is 0. The maximum Gasteiger partial charge on any atom is 0.0996 e. The van der Waals surface area contributed by atoms with Crippen LogP contribution in [-0.4, -0.2) is 4.98 Å². The molecule has 1 aliphatic carbocycles. The molecule has 0 fully saturated rings. The van der Waals surface area contributed by atoms with Crippen molar-refractivity contribution in [1.82, 2.24) is 4.98 Å². The van der Waals surface area contributed by atoms with E-state index in [0.717, 1.165) is 34.2 Å². The van der Waals surface area contributed by atoms with Gasteiger partial charge >= 0.3 is 0 Å². The Hall–Kier alpha value is -2.68. The first-order valence-electron chi connectivity index (χ1n) is 6.57. The molecule has 0 saturated carbocycles. The van der Waals surface area contributed by atoms with Gasteiger partial charge in [0.25, 0.3) is 0 Å². The van der Waals surface area contributed by atoms with Crippen molar-refractivity contribution in [1.29, 1.82) is 0 Å². The van der Waals surface area contributed by atoms with E-state index in [1.54, 1.807) is 25.1 Å². The van der Waals surface area contributed by atoms with E-state index in [9.17, 15) is 0 Å². The van der Waals surface area contributed by atoms with Gasteiger partial charge in [-0.25, -0.2) is 0 Å². The summed E-state index contributed by atoms with van der Waals surface area (Å²) in [6.45, 7) is 0. The fourth-order valence-electron chi connectivity index (χ4n) is 2.64. The number of rotatable bonds is 2. The zero-order valence-electron chi connectivity index (χ0n) is 10.8. The first kappa shape index (κ1) is 11.2. The summed E-state index contributed by atoms with van der Waals surface area (Å²) in [5.74, 6) is 0. The molecule has 1 N–H and O–H groups in total. The molecular weight excluding hydrogens is 250 g/mol. The first-order valence-corrected chi connectivity index (χ1v) is 6.57. The second-order valence-corrected chi connectivity index (χ2v) is 4.76. The minimum atomic E-state index is 0.928. The highest BCUT2D eigenvalue weighted by molar-refractivity contribution is 5.82. The molecule has 3 heteroatoms. The van der Waals surface area contributed by atoms with Crippen LogP contribution in [0.5, 0.6) is 0 Å². The smallest absolute Gasteiger partial charge is 0.0996 e. The predicted molar refractivity (Wildman–Crippen MR) is 78.1 cm³/mol. The van der Waals surface area contributed by atoms with Crippen LogP contribution in [0.25, 0.3) is 34.5 Å². The van der Waals surface area contributed by atoms with Crippen LogP contribution in [0.15, 0.2) is 58.2 Å². The Labute approximate surface area is 115 Å². The number of aromatic nitrogens is 1. The number of allylic oxidation sites excluding steroid dienone is 2. The van der Waals surface area contributed by atoms with E-state index >= 15 is 0 Å². The normalized spacial score (nSPS) is 13.4. The van der Waals surface area contributed by atoms with Gasteiger partial charge in [-0.05, 0) is 24.6 Å². The van der Waals surface area contributed by atoms with E-state index in [-0.39, 0.29) is 0 Å². The Bertz CT molecular complexity index is 862. The van der Waals surface area contributed by atoms with E-state index in [1.165, 1.54) is 5.22 Å². The van der Waals surface area contributed by atoms with Crippen LogP contribution < -0.4 is 10.6 Å². The quantitative estimate of drug-likeness (QED) is 0.772. The van der Waals surface area contributed by atoms with Crippen LogP contribution in [0.4, 0.5) is 0 Å². The van der Waals surface area contributed by atoms with E-state index in [1.807, 2.05) is 12.1 Å². The number of furan rings is 2. The van der Waals surface area contributed by atoms with Crippen LogP contribution in [0.2, 0.25) is 0 Å². The number of nitrogens with one attached hydrogen (secondary N) is 1. The molecule has 4 rings (SSSR count). The van der Waals surface area contributed by atoms with Gasteiger partial charge in [0.2, 0.25) is 0 Å². The molecule has 20 heavy (non-hydrogen) atoms. The maximum atomic E-state index is 5.26. The SMILES string of the molecule is C1=CCC=c2c(-c3ccoc3)c(-c3ccoc3)[nH]c2=C1. The third kappa shape index (κ3) is 1.67. The minimum Gasteiger partial charge on any atom is -0.472 e. The highest BCUT2D eigenvalue weighted by Crippen LogP contribution is 2.27. The molecule has 0 aromatic carbocycles. The molecule has 98 valence electrons. The Balaban J connectivity index is 2.10. The van der Waals surface area contributed by atoms with Crippen molar-refractivity contribution in [2.24, 2.45) is 0 Å². The lowest BCUT2D eigenvalue weighted by atomic mass is 10.0. The molecule has 0 amide bonds. The zero-order valence-corrected chi connectivity index (χ0v) is 10.8. The summed E-state index contributed by atoms with van der Waals surface area (Å²) in [4.78, 5) is 3.49. The van der Waals surface area contributed by atoms with Gasteiger partial charge in [-0.3, -0.25) is 0 Å². The van der Waals surface area contributed by atoms with Gasteiger partial charge in [0.1, 0.15) is 0 Å². The number of fused-ring (bicyclic) bond motifs is 1. The van der Waals surface area contributed by atoms with Gasteiger partial charge in [-0.1, -0.05) is 18.2 Å². The first-order chi connectivity index (χ1) is 9.93. The molecular formula is C17H13NO2. The van der Waals surface area contributed by atoms with Crippen LogP contribution >= 0.6 is 0 Å². The lowest BCUT2D eigenvalue weighted by Gasteiger charge is -1.99. The average molecular weight is 263 g/mol. The molecule has 3 nitrogen and oxygen atoms in total. The Morgan fingerprint density at radius 3 is 2.55 bits per heavy atom. The van der Waals surface area contributed by atoms with E-state index < -0.39 is 0 Å². The summed E-state index contributed by atoms with van der Waals surface area (Å²) in [5.41, 5.74) is 4.34. The monoisotopic (exact) mass is 263 g/mol. The summed E-state index contributed by atoms with van der Waals surface area (Å²) < 4.78 is 10.5. The molecule has 0 radical (unpaired) electrons. The molecule has 0 atom stereocenters. The number of H-pyrrole nitrogens is 1. The van der Waals surface area contributed by atoms with Crippen molar-refractivity contribution in [3.63, 3.8) is 0 Å². The number of hydrogen-bond acceptors (Lipinski definition) is 2. The third-order valence-electron chi connectivity index (χ3n) is 3.55. The summed E-state index contributed by atoms with van der Waals surface area (Å²) in [6, 6.07) is 3.95. The van der Waals surface area contributed by atoms with Gasteiger partial charge in [0.15, 0.2) is 0 Å². The molecule has 3 aromatic heterocycles. The predicted octanol–water partition coefficient (Wildman–Crippen LogP) is 3.06. The lowest BCUT2D eigenvalue weighted by Crippen LogP contribution is -2.22. The summed E-state index contributed by atoms with van der Waals surface area (Å²) >= 11 is 0. The van der Waals surface area contributed by atoms with Crippen molar-refractivity contribution >= 4 is 12.2 Å². The average Bonchev–Trinajstić information content (AvgIpc) is 3.16. The van der Waals surface area contributed by atoms with Gasteiger partial charge in [-0.15, -0.1) is 0 Å². The second-order valence-electron chi connectivity index (χ2n) is 4.76. The Morgan fingerprint density at radius 1 is 1.00 bits per heavy atom. The summed E-state index contributed by atoms with van der Waals surface area (Å²) in [5, 5.41) is 2.33. The fourth-order valence-corrected chi connectivity index (χ4v) is 2.64. The Morgan fingerprint density at radius 2 is 1.80 bits per heavy atom. The van der Waals surface area contributed by atoms with E-state index in [0.29, 0.717) is 0 Å². The van der Waals surface area contributed by atoms with Crippen molar-refractivity contribution < 1.29 is 8.83 Å². The van der Waals surface area contributed by atoms with E-state index in [4.69, 9.17) is 8.83 Å². The highest BCUT2D eigenvalue weighted by atomic mass is 16.3. The molecule has 3 heterocycles. The van der Waals surface area contributed by atoms with Gasteiger partial charge < -0.3 is 13.8 Å². The van der Waals surface area contributed by atoms with Crippen LogP contribution in [0.3, 0.4) is 0 Å². The summed E-state index contributed by atoms with van der Waals surface area (Å²) in [6.07, 6.45) is 16.4. The topological polar surface area (TPSA) is 42.1 Å². The molecule has 0 unspecified atom stereocenters. The molecule has 0 bridgehead atoms. The van der Waals surface area contributed by atoms with Crippen molar-refractivity contribution in [3.05, 3.63) is 59.9 Å². The Kier molecular flexibility index (Phi) is 2.49. The third-order valence-corrected chi connectivity index (χ3v) is 3.55. The van der Waals surface area contributed by atoms with Gasteiger partial charge in [0.05, 0.1) is 30.7 Å². The van der Waals surface area contributed by atoms with Crippen LogP contribution in [-0.2, 0) is 0 Å².